The van der Waals surface area contributed by atoms with E-state index in [1.165, 1.54) is 6.07 Å². The highest BCUT2D eigenvalue weighted by Gasteiger charge is 2.29. The fourth-order valence-electron chi connectivity index (χ4n) is 3.52. The van der Waals surface area contributed by atoms with Gasteiger partial charge in [-0.15, -0.1) is 0 Å². The average Bonchev–Trinajstić information content (AvgIpc) is 3.07. The summed E-state index contributed by atoms with van der Waals surface area (Å²) in [5.41, 5.74) is 6.78. The van der Waals surface area contributed by atoms with Crippen molar-refractivity contribution in [3.63, 3.8) is 0 Å². The number of likely N-dealkylation sites (tertiary alicyclic amines) is 1. The highest BCUT2D eigenvalue weighted by atomic mass is 35.5. The number of hydrogen-bond donors (Lipinski definition) is 1. The van der Waals surface area contributed by atoms with Crippen molar-refractivity contribution in [1.29, 1.82) is 0 Å². The smallest absolute Gasteiger partial charge is 0.410 e. The largest absolute Gasteiger partial charge is 0.444 e. The van der Waals surface area contributed by atoms with Crippen LogP contribution in [0.4, 0.5) is 9.18 Å². The van der Waals surface area contributed by atoms with E-state index in [9.17, 15) is 9.18 Å². The highest BCUT2D eigenvalue weighted by molar-refractivity contribution is 6.31. The standard InChI is InChI=1S/C21H28ClFN4O2/c1-21(2,3)29-20(28)26-9-6-14(7-10-26)19-25-18(13-27(19)11-8-24)15-4-5-17(23)16(22)12-15/h4-5,12-14H,6-11,24H2,1-3H3. The van der Waals surface area contributed by atoms with Crippen molar-refractivity contribution in [2.45, 2.75) is 51.7 Å². The maximum Gasteiger partial charge on any atom is 0.410 e. The van der Waals surface area contributed by atoms with Gasteiger partial charge >= 0.3 is 6.09 Å². The summed E-state index contributed by atoms with van der Waals surface area (Å²) in [7, 11) is 0. The van der Waals surface area contributed by atoms with Gasteiger partial charge in [0.05, 0.1) is 10.7 Å². The fraction of sp³-hybridized carbons (Fsp3) is 0.524. The van der Waals surface area contributed by atoms with E-state index in [-0.39, 0.29) is 17.0 Å². The Balaban J connectivity index is 1.76. The number of imidazole rings is 1. The van der Waals surface area contributed by atoms with E-state index < -0.39 is 11.4 Å². The van der Waals surface area contributed by atoms with Crippen LogP contribution in [0.1, 0.15) is 45.4 Å². The number of hydrogen-bond acceptors (Lipinski definition) is 4. The Bertz CT molecular complexity index is 870. The number of rotatable bonds is 4. The van der Waals surface area contributed by atoms with Crippen LogP contribution in [0.2, 0.25) is 5.02 Å². The number of piperidine rings is 1. The van der Waals surface area contributed by atoms with Crippen LogP contribution in [0.15, 0.2) is 24.4 Å². The van der Waals surface area contributed by atoms with Crippen molar-refractivity contribution in [1.82, 2.24) is 14.5 Å². The van der Waals surface area contributed by atoms with Crippen LogP contribution in [0.3, 0.4) is 0 Å². The predicted molar refractivity (Wildman–Crippen MR) is 111 cm³/mol. The number of carbonyl (C=O) groups excluding carboxylic acids is 1. The van der Waals surface area contributed by atoms with Crippen molar-refractivity contribution in [2.75, 3.05) is 19.6 Å². The van der Waals surface area contributed by atoms with Crippen LogP contribution in [-0.2, 0) is 11.3 Å². The fourth-order valence-corrected chi connectivity index (χ4v) is 3.70. The van der Waals surface area contributed by atoms with Gasteiger partial charge < -0.3 is 19.9 Å². The highest BCUT2D eigenvalue weighted by Crippen LogP contribution is 2.31. The average molecular weight is 423 g/mol. The van der Waals surface area contributed by atoms with Gasteiger partial charge in [0.1, 0.15) is 17.2 Å². The van der Waals surface area contributed by atoms with Crippen molar-refractivity contribution >= 4 is 17.7 Å². The molecule has 3 rings (SSSR count). The molecule has 1 saturated heterocycles. The predicted octanol–water partition coefficient (Wildman–Crippen LogP) is 4.42. The van der Waals surface area contributed by atoms with Gasteiger partial charge in [0.25, 0.3) is 0 Å². The number of ether oxygens (including phenoxy) is 1. The first kappa shape index (κ1) is 21.6. The number of carbonyl (C=O) groups is 1. The normalized spacial score (nSPS) is 15.6. The molecule has 1 aliphatic rings. The Morgan fingerprint density at radius 1 is 1.34 bits per heavy atom. The lowest BCUT2D eigenvalue weighted by molar-refractivity contribution is 0.0202. The molecule has 29 heavy (non-hydrogen) atoms. The Hall–Kier alpha value is -2.12. The van der Waals surface area contributed by atoms with E-state index in [0.717, 1.165) is 29.9 Å². The van der Waals surface area contributed by atoms with Gasteiger partial charge in [-0.05, 0) is 51.8 Å². The summed E-state index contributed by atoms with van der Waals surface area (Å²) in [5, 5.41) is 0.0723. The molecule has 0 atom stereocenters. The lowest BCUT2D eigenvalue weighted by atomic mass is 9.96. The Morgan fingerprint density at radius 3 is 2.62 bits per heavy atom. The van der Waals surface area contributed by atoms with Crippen molar-refractivity contribution in [2.24, 2.45) is 5.73 Å². The molecule has 1 aromatic carbocycles. The quantitative estimate of drug-likeness (QED) is 0.791. The van der Waals surface area contributed by atoms with E-state index in [1.807, 2.05) is 27.0 Å². The summed E-state index contributed by atoms with van der Waals surface area (Å²) in [5.74, 6) is 0.700. The Morgan fingerprint density at radius 2 is 2.03 bits per heavy atom. The third-order valence-electron chi connectivity index (χ3n) is 4.90. The second-order valence-corrected chi connectivity index (χ2v) is 8.74. The lowest BCUT2D eigenvalue weighted by Gasteiger charge is -2.33. The van der Waals surface area contributed by atoms with Gasteiger partial charge in [0.2, 0.25) is 0 Å². The van der Waals surface area contributed by atoms with E-state index in [1.54, 1.807) is 17.0 Å². The molecule has 2 aromatic rings. The second-order valence-electron chi connectivity index (χ2n) is 8.34. The molecule has 2 N–H and O–H groups in total. The summed E-state index contributed by atoms with van der Waals surface area (Å²) in [6, 6.07) is 4.60. The number of halogens is 2. The summed E-state index contributed by atoms with van der Waals surface area (Å²) in [4.78, 5) is 18.9. The molecule has 0 spiro atoms. The van der Waals surface area contributed by atoms with Gasteiger partial charge in [0.15, 0.2) is 0 Å². The minimum Gasteiger partial charge on any atom is -0.444 e. The molecule has 0 unspecified atom stereocenters. The van der Waals surface area contributed by atoms with E-state index >= 15 is 0 Å². The minimum atomic E-state index is -0.503. The molecule has 0 saturated carbocycles. The molecule has 0 bridgehead atoms. The molecular formula is C21H28ClFN4O2. The Kier molecular flexibility index (Phi) is 6.49. The number of aromatic nitrogens is 2. The number of amides is 1. The SMILES string of the molecule is CC(C)(C)OC(=O)N1CCC(c2nc(-c3ccc(F)c(Cl)c3)cn2CCN)CC1. The molecule has 1 aromatic heterocycles. The van der Waals surface area contributed by atoms with Gasteiger partial charge in [0, 0.05) is 43.9 Å². The summed E-state index contributed by atoms with van der Waals surface area (Å²) >= 11 is 5.93. The third-order valence-corrected chi connectivity index (χ3v) is 5.19. The first-order valence-corrected chi connectivity index (χ1v) is 10.3. The first-order valence-electron chi connectivity index (χ1n) is 9.88. The van der Waals surface area contributed by atoms with Crippen LogP contribution >= 0.6 is 11.6 Å². The number of nitrogens with two attached hydrogens (primary N) is 1. The molecule has 1 fully saturated rings. The zero-order valence-electron chi connectivity index (χ0n) is 17.1. The Labute approximate surface area is 175 Å². The lowest BCUT2D eigenvalue weighted by Crippen LogP contribution is -2.41. The van der Waals surface area contributed by atoms with Gasteiger partial charge in [-0.3, -0.25) is 0 Å². The molecular weight excluding hydrogens is 395 g/mol. The summed E-state index contributed by atoms with van der Waals surface area (Å²) in [6.45, 7) is 7.96. The summed E-state index contributed by atoms with van der Waals surface area (Å²) < 4.78 is 21.0. The van der Waals surface area contributed by atoms with E-state index in [0.29, 0.717) is 26.2 Å². The van der Waals surface area contributed by atoms with Crippen molar-refractivity contribution in [3.8, 4) is 11.3 Å². The van der Waals surface area contributed by atoms with Crippen LogP contribution in [-0.4, -0.2) is 45.8 Å². The van der Waals surface area contributed by atoms with Crippen LogP contribution in [0.25, 0.3) is 11.3 Å². The van der Waals surface area contributed by atoms with Gasteiger partial charge in [-0.25, -0.2) is 14.2 Å². The van der Waals surface area contributed by atoms with Crippen molar-refractivity contribution in [3.05, 3.63) is 41.1 Å². The van der Waals surface area contributed by atoms with Gasteiger partial charge in [-0.1, -0.05) is 11.6 Å². The molecule has 2 heterocycles. The zero-order valence-corrected chi connectivity index (χ0v) is 17.9. The van der Waals surface area contributed by atoms with Crippen molar-refractivity contribution < 1.29 is 13.9 Å². The third kappa shape index (κ3) is 5.28. The van der Waals surface area contributed by atoms with Gasteiger partial charge in [-0.2, -0.15) is 0 Å². The zero-order chi connectivity index (χ0) is 21.2. The molecule has 1 amide bonds. The molecule has 8 heteroatoms. The number of benzene rings is 1. The first-order chi connectivity index (χ1) is 13.7. The van der Waals surface area contributed by atoms with E-state index in [4.69, 9.17) is 27.1 Å². The number of nitrogens with zero attached hydrogens (tertiary/aromatic N) is 3. The molecule has 1 aliphatic heterocycles. The van der Waals surface area contributed by atoms with Crippen LogP contribution in [0, 0.1) is 5.82 Å². The topological polar surface area (TPSA) is 73.4 Å². The summed E-state index contributed by atoms with van der Waals surface area (Å²) in [6.07, 6.45) is 3.25. The van der Waals surface area contributed by atoms with Crippen LogP contribution < -0.4 is 5.73 Å². The molecule has 0 aliphatic carbocycles. The maximum absolute atomic E-state index is 13.5. The second kappa shape index (κ2) is 8.71. The monoisotopic (exact) mass is 422 g/mol. The minimum absolute atomic E-state index is 0.0723. The van der Waals surface area contributed by atoms with E-state index in [2.05, 4.69) is 4.57 Å². The molecule has 158 valence electrons. The molecule has 0 radical (unpaired) electrons. The molecule has 6 nitrogen and oxygen atoms in total. The maximum atomic E-state index is 13.5. The van der Waals surface area contributed by atoms with Crippen LogP contribution in [0.5, 0.6) is 0 Å².